The molecule has 0 aromatic carbocycles. The zero-order chi connectivity index (χ0) is 10.6. The molecule has 7 nitrogen and oxygen atoms in total. The Morgan fingerprint density at radius 1 is 1.00 bits per heavy atom. The first-order valence-corrected chi connectivity index (χ1v) is 3.11. The standard InChI is InChI=1S/C6H8O7.Yb/c7-3(8)1-6(13,5(11)12)2-4(9)10;/h13H,1-2H2,(H,7,8)(H,9,10)(H,11,12);/q;+3/p-3. The largest absolute Gasteiger partial charge is 3.00 e. The number of aliphatic hydroxyl groups is 1. The molecule has 0 heterocycles. The molecule has 1 radical (unpaired) electrons. The van der Waals surface area contributed by atoms with Crippen LogP contribution in [0.25, 0.3) is 0 Å². The summed E-state index contributed by atoms with van der Waals surface area (Å²) in [6, 6.07) is 0. The SMILES string of the molecule is O=C([O-])CC(O)(CC(=O)[O-])C(=O)[O-].[Yb+3]. The third-order valence-corrected chi connectivity index (χ3v) is 1.25. The van der Waals surface area contributed by atoms with Crippen molar-refractivity contribution in [3.63, 3.8) is 0 Å². The first-order valence-electron chi connectivity index (χ1n) is 3.11. The monoisotopic (exact) mass is 363 g/mol. The quantitative estimate of drug-likeness (QED) is 0.515. The van der Waals surface area contributed by atoms with Crippen LogP contribution in [0.3, 0.4) is 0 Å². The molecule has 0 atom stereocenters. The Morgan fingerprint density at radius 2 is 1.29 bits per heavy atom. The van der Waals surface area contributed by atoms with Crippen LogP contribution in [0.4, 0.5) is 0 Å². The molecule has 0 aliphatic rings. The van der Waals surface area contributed by atoms with Crippen molar-refractivity contribution in [3.8, 4) is 0 Å². The summed E-state index contributed by atoms with van der Waals surface area (Å²) in [7, 11) is 0. The van der Waals surface area contributed by atoms with E-state index in [9.17, 15) is 29.7 Å². The van der Waals surface area contributed by atoms with E-state index in [0.29, 0.717) is 0 Å². The van der Waals surface area contributed by atoms with Crippen LogP contribution in [0.5, 0.6) is 0 Å². The molecule has 8 heteroatoms. The topological polar surface area (TPSA) is 141 Å². The van der Waals surface area contributed by atoms with Gasteiger partial charge in [0.25, 0.3) is 0 Å². The van der Waals surface area contributed by atoms with Crippen molar-refractivity contribution in [3.05, 3.63) is 0 Å². The van der Waals surface area contributed by atoms with E-state index < -0.39 is 36.4 Å². The average Bonchev–Trinajstić information content (AvgIpc) is 1.82. The molecular weight excluding hydrogens is 357 g/mol. The van der Waals surface area contributed by atoms with Crippen LogP contribution < -0.4 is 15.3 Å². The second-order valence-electron chi connectivity index (χ2n) is 2.42. The minimum absolute atomic E-state index is 0. The van der Waals surface area contributed by atoms with Gasteiger partial charge in [0.1, 0.15) is 5.60 Å². The first-order chi connectivity index (χ1) is 5.78. The molecule has 0 saturated heterocycles. The zero-order valence-electron chi connectivity index (χ0n) is 6.58. The summed E-state index contributed by atoms with van der Waals surface area (Å²) < 4.78 is 0. The molecule has 0 rings (SSSR count). The molecule has 0 fully saturated rings. The van der Waals surface area contributed by atoms with E-state index >= 15 is 0 Å². The Hall–Kier alpha value is -0.111. The van der Waals surface area contributed by atoms with Crippen molar-refractivity contribution >= 4 is 17.9 Å². The van der Waals surface area contributed by atoms with Crippen LogP contribution in [0.1, 0.15) is 12.8 Å². The Labute approximate surface area is 117 Å². The van der Waals surface area contributed by atoms with E-state index in [0.717, 1.165) is 0 Å². The summed E-state index contributed by atoms with van der Waals surface area (Å²) in [6.07, 6.45) is -2.72. The summed E-state index contributed by atoms with van der Waals surface area (Å²) in [5.41, 5.74) is -2.97. The Balaban J connectivity index is 0. The summed E-state index contributed by atoms with van der Waals surface area (Å²) in [5.74, 6) is -5.98. The van der Waals surface area contributed by atoms with E-state index in [-0.39, 0.29) is 46.9 Å². The summed E-state index contributed by atoms with van der Waals surface area (Å²) in [6.45, 7) is 0. The van der Waals surface area contributed by atoms with Crippen molar-refractivity contribution in [1.82, 2.24) is 0 Å². The number of carbonyl (C=O) groups excluding carboxylic acids is 3. The van der Waals surface area contributed by atoms with Gasteiger partial charge in [-0.1, -0.05) is 0 Å². The number of carbonyl (C=O) groups is 3. The molecule has 0 aromatic rings. The number of aliphatic carboxylic acids is 3. The summed E-state index contributed by atoms with van der Waals surface area (Å²) >= 11 is 0. The van der Waals surface area contributed by atoms with Gasteiger partial charge in [0.05, 0.1) is 5.97 Å². The fourth-order valence-electron chi connectivity index (χ4n) is 0.684. The van der Waals surface area contributed by atoms with Gasteiger partial charge in [-0.2, -0.15) is 0 Å². The van der Waals surface area contributed by atoms with Crippen molar-refractivity contribution in [1.29, 1.82) is 0 Å². The number of hydrogen-bond acceptors (Lipinski definition) is 7. The maximum Gasteiger partial charge on any atom is 3.00 e. The Kier molecular flexibility index (Phi) is 7.45. The fraction of sp³-hybridized carbons (Fsp3) is 0.500. The second-order valence-corrected chi connectivity index (χ2v) is 2.42. The molecule has 85 valence electrons. The van der Waals surface area contributed by atoms with Crippen LogP contribution >= 0.6 is 0 Å². The molecule has 14 heavy (non-hydrogen) atoms. The van der Waals surface area contributed by atoms with E-state index in [4.69, 9.17) is 5.11 Å². The normalized spacial score (nSPS) is 10.1. The Bertz CT molecular complexity index is 233. The Morgan fingerprint density at radius 3 is 1.43 bits per heavy atom. The maximum absolute atomic E-state index is 10.1. The van der Waals surface area contributed by atoms with Crippen LogP contribution in [-0.2, 0) is 14.4 Å². The van der Waals surface area contributed by atoms with Gasteiger partial charge in [-0.05, 0) is 0 Å². The van der Waals surface area contributed by atoms with Gasteiger partial charge in [0.15, 0.2) is 0 Å². The van der Waals surface area contributed by atoms with Crippen molar-refractivity contribution in [2.75, 3.05) is 0 Å². The summed E-state index contributed by atoms with van der Waals surface area (Å²) in [4.78, 5) is 30.0. The van der Waals surface area contributed by atoms with Crippen molar-refractivity contribution in [2.45, 2.75) is 18.4 Å². The van der Waals surface area contributed by atoms with Gasteiger partial charge in [-0.15, -0.1) is 0 Å². The summed E-state index contributed by atoms with van der Waals surface area (Å²) in [5, 5.41) is 38.9. The van der Waals surface area contributed by atoms with Gasteiger partial charge in [0, 0.05) is 24.8 Å². The van der Waals surface area contributed by atoms with E-state index in [1.165, 1.54) is 0 Å². The first kappa shape index (κ1) is 16.3. The molecule has 1 N–H and O–H groups in total. The second kappa shape index (κ2) is 6.39. The van der Waals surface area contributed by atoms with Crippen LogP contribution in [0, 0.1) is 46.9 Å². The molecular formula is C6H5O7Yb. The number of hydrogen-bond donors (Lipinski definition) is 1. The van der Waals surface area contributed by atoms with Crippen LogP contribution in [-0.4, -0.2) is 28.6 Å². The van der Waals surface area contributed by atoms with E-state index in [2.05, 4.69) is 0 Å². The average molecular weight is 362 g/mol. The minimum atomic E-state index is -2.97. The van der Waals surface area contributed by atoms with Gasteiger partial charge >= 0.3 is 46.9 Å². The number of rotatable bonds is 5. The van der Waals surface area contributed by atoms with Gasteiger partial charge in [-0.25, -0.2) is 0 Å². The smallest absolute Gasteiger partial charge is 0.550 e. The number of carboxylic acid groups (broad SMARTS) is 3. The van der Waals surface area contributed by atoms with E-state index in [1.807, 2.05) is 0 Å². The molecule has 0 amide bonds. The van der Waals surface area contributed by atoms with Gasteiger partial charge in [-0.3, -0.25) is 0 Å². The van der Waals surface area contributed by atoms with E-state index in [1.54, 1.807) is 0 Å². The van der Waals surface area contributed by atoms with Crippen LogP contribution in [0.2, 0.25) is 0 Å². The predicted molar refractivity (Wildman–Crippen MR) is 29.2 cm³/mol. The molecule has 0 unspecified atom stereocenters. The molecule has 0 aliphatic heterocycles. The third kappa shape index (κ3) is 5.58. The maximum atomic E-state index is 10.1. The molecule has 0 bridgehead atoms. The van der Waals surface area contributed by atoms with Gasteiger partial charge in [0.2, 0.25) is 0 Å². The van der Waals surface area contributed by atoms with Crippen molar-refractivity contribution in [2.24, 2.45) is 0 Å². The molecule has 0 spiro atoms. The fourth-order valence-corrected chi connectivity index (χ4v) is 0.684. The van der Waals surface area contributed by atoms with Crippen LogP contribution in [0.15, 0.2) is 0 Å². The molecule has 0 saturated carbocycles. The minimum Gasteiger partial charge on any atom is -0.550 e. The molecule has 0 aliphatic carbocycles. The van der Waals surface area contributed by atoms with Gasteiger partial charge < -0.3 is 34.8 Å². The third-order valence-electron chi connectivity index (χ3n) is 1.25. The number of carboxylic acids is 3. The van der Waals surface area contributed by atoms with Crippen molar-refractivity contribution < 1.29 is 81.7 Å². The molecule has 0 aromatic heterocycles. The predicted octanol–water partition coefficient (Wildman–Crippen LogP) is -5.25. The zero-order valence-corrected chi connectivity index (χ0v) is 8.29.